The van der Waals surface area contributed by atoms with E-state index in [9.17, 15) is 4.79 Å². The van der Waals surface area contributed by atoms with Crippen LogP contribution in [0, 0.1) is 12.8 Å². The first-order valence-corrected chi connectivity index (χ1v) is 11.5. The van der Waals surface area contributed by atoms with E-state index in [-0.39, 0.29) is 5.91 Å². The quantitative estimate of drug-likeness (QED) is 0.486. The summed E-state index contributed by atoms with van der Waals surface area (Å²) in [6, 6.07) is 9.53. The molecule has 0 aliphatic heterocycles. The Balaban J connectivity index is 1.87. The van der Waals surface area contributed by atoms with Crippen LogP contribution in [0.1, 0.15) is 49.1 Å². The molecule has 0 unspecified atom stereocenters. The number of nitrogens with one attached hydrogen (secondary N) is 1. The fraction of sp³-hybridized carbons (Fsp3) is 0.455. The number of hydrogen-bond donors (Lipinski definition) is 1. The molecule has 0 spiro atoms. The molecule has 1 N–H and O–H groups in total. The molecule has 2 heterocycles. The summed E-state index contributed by atoms with van der Waals surface area (Å²) in [6.45, 7) is 8.92. The van der Waals surface area contributed by atoms with Crippen molar-refractivity contribution in [2.45, 2.75) is 40.5 Å². The number of thioether (sulfide) groups is 1. The van der Waals surface area contributed by atoms with Gasteiger partial charge in [-0.05, 0) is 48.8 Å². The second-order valence-corrected chi connectivity index (χ2v) is 8.89. The van der Waals surface area contributed by atoms with Gasteiger partial charge in [0.2, 0.25) is 5.89 Å². The van der Waals surface area contributed by atoms with E-state index in [1.807, 2.05) is 46.8 Å². The maximum atomic E-state index is 12.5. The van der Waals surface area contributed by atoms with E-state index in [1.165, 1.54) is 0 Å². The van der Waals surface area contributed by atoms with E-state index in [0.29, 0.717) is 35.5 Å². The molecule has 0 aliphatic carbocycles. The van der Waals surface area contributed by atoms with Gasteiger partial charge < -0.3 is 9.73 Å². The third-order valence-corrected chi connectivity index (χ3v) is 5.50. The van der Waals surface area contributed by atoms with Crippen molar-refractivity contribution in [3.05, 3.63) is 47.5 Å². The van der Waals surface area contributed by atoms with Crippen LogP contribution in [0.4, 0.5) is 0 Å². The van der Waals surface area contributed by atoms with Gasteiger partial charge in [0.05, 0.1) is 5.69 Å². The molecule has 0 saturated heterocycles. The third kappa shape index (κ3) is 5.72. The SMILES string of the molecule is CCSCCNC(=O)c1cccc(-n2nc(-c3nnc(C)o3)cc2CCC(C)C)c1. The molecule has 1 aromatic carbocycles. The average Bonchev–Trinajstić information content (AvgIpc) is 3.36. The Morgan fingerprint density at radius 3 is 2.80 bits per heavy atom. The van der Waals surface area contributed by atoms with Gasteiger partial charge in [0.1, 0.15) is 5.69 Å². The van der Waals surface area contributed by atoms with Gasteiger partial charge in [-0.2, -0.15) is 16.9 Å². The molecular formula is C22H29N5O2S. The van der Waals surface area contributed by atoms with Crippen LogP contribution in [0.2, 0.25) is 0 Å². The first-order chi connectivity index (χ1) is 14.5. The average molecular weight is 428 g/mol. The van der Waals surface area contributed by atoms with Gasteiger partial charge in [-0.1, -0.05) is 26.8 Å². The number of amides is 1. The number of carbonyl (C=O) groups is 1. The first kappa shape index (κ1) is 22.1. The van der Waals surface area contributed by atoms with E-state index in [4.69, 9.17) is 9.52 Å². The standard InChI is InChI=1S/C22H29N5O2S/c1-5-30-12-11-23-21(28)17-7-6-8-18(13-17)27-19(10-9-15(2)3)14-20(26-27)22-25-24-16(4)29-22/h6-8,13-15H,5,9-12H2,1-4H3,(H,23,28). The van der Waals surface area contributed by atoms with Crippen molar-refractivity contribution in [1.29, 1.82) is 0 Å². The third-order valence-electron chi connectivity index (χ3n) is 4.60. The van der Waals surface area contributed by atoms with Gasteiger partial charge >= 0.3 is 0 Å². The van der Waals surface area contributed by atoms with Gasteiger partial charge in [-0.15, -0.1) is 10.2 Å². The highest BCUT2D eigenvalue weighted by molar-refractivity contribution is 7.99. The molecule has 0 fully saturated rings. The van der Waals surface area contributed by atoms with E-state index in [0.717, 1.165) is 35.7 Å². The Morgan fingerprint density at radius 2 is 2.10 bits per heavy atom. The van der Waals surface area contributed by atoms with E-state index < -0.39 is 0 Å². The molecule has 2 aromatic heterocycles. The van der Waals surface area contributed by atoms with Crippen molar-refractivity contribution in [3.8, 4) is 17.3 Å². The first-order valence-electron chi connectivity index (χ1n) is 10.3. The molecule has 8 heteroatoms. The Hall–Kier alpha value is -2.61. The summed E-state index contributed by atoms with van der Waals surface area (Å²) in [6.07, 6.45) is 1.89. The zero-order valence-electron chi connectivity index (χ0n) is 18.0. The minimum absolute atomic E-state index is 0.0720. The summed E-state index contributed by atoms with van der Waals surface area (Å²) in [7, 11) is 0. The number of aryl methyl sites for hydroxylation is 2. The minimum Gasteiger partial charge on any atom is -0.420 e. The van der Waals surface area contributed by atoms with Crippen molar-refractivity contribution < 1.29 is 9.21 Å². The summed E-state index contributed by atoms with van der Waals surface area (Å²) in [5, 5.41) is 15.7. The molecule has 0 aliphatic rings. The monoisotopic (exact) mass is 427 g/mol. The number of rotatable bonds is 10. The zero-order chi connectivity index (χ0) is 21.5. The Kier molecular flexibility index (Phi) is 7.68. The Morgan fingerprint density at radius 1 is 1.27 bits per heavy atom. The lowest BCUT2D eigenvalue weighted by molar-refractivity contribution is 0.0956. The second-order valence-electron chi connectivity index (χ2n) is 7.49. The smallest absolute Gasteiger partial charge is 0.268 e. The van der Waals surface area contributed by atoms with Crippen molar-refractivity contribution >= 4 is 17.7 Å². The van der Waals surface area contributed by atoms with Gasteiger partial charge in [0.15, 0.2) is 0 Å². The molecule has 30 heavy (non-hydrogen) atoms. The highest BCUT2D eigenvalue weighted by Crippen LogP contribution is 2.23. The molecule has 3 rings (SSSR count). The normalized spacial score (nSPS) is 11.2. The summed E-state index contributed by atoms with van der Waals surface area (Å²) in [5.74, 6) is 3.36. The zero-order valence-corrected chi connectivity index (χ0v) is 18.8. The van der Waals surface area contributed by atoms with Crippen LogP contribution in [-0.2, 0) is 6.42 Å². The van der Waals surface area contributed by atoms with Crippen LogP contribution in [0.25, 0.3) is 17.3 Å². The fourth-order valence-electron chi connectivity index (χ4n) is 3.02. The molecule has 160 valence electrons. The van der Waals surface area contributed by atoms with E-state index >= 15 is 0 Å². The van der Waals surface area contributed by atoms with E-state index in [1.54, 1.807) is 6.92 Å². The maximum Gasteiger partial charge on any atom is 0.268 e. The van der Waals surface area contributed by atoms with E-state index in [2.05, 4.69) is 36.3 Å². The van der Waals surface area contributed by atoms with Gasteiger partial charge in [0, 0.05) is 30.5 Å². The number of hydrogen-bond acceptors (Lipinski definition) is 6. The summed E-state index contributed by atoms with van der Waals surface area (Å²) in [4.78, 5) is 12.5. The van der Waals surface area contributed by atoms with Crippen molar-refractivity contribution in [1.82, 2.24) is 25.3 Å². The molecule has 3 aromatic rings. The van der Waals surface area contributed by atoms with Crippen molar-refractivity contribution in [2.75, 3.05) is 18.1 Å². The number of carbonyl (C=O) groups excluding carboxylic acids is 1. The largest absolute Gasteiger partial charge is 0.420 e. The van der Waals surface area contributed by atoms with Crippen LogP contribution in [0.5, 0.6) is 0 Å². The van der Waals surface area contributed by atoms with Gasteiger partial charge in [-0.3, -0.25) is 4.79 Å². The molecule has 0 bridgehead atoms. The fourth-order valence-corrected chi connectivity index (χ4v) is 3.56. The Labute approximate surface area is 181 Å². The maximum absolute atomic E-state index is 12.5. The van der Waals surface area contributed by atoms with Crippen LogP contribution in [-0.4, -0.2) is 43.9 Å². The van der Waals surface area contributed by atoms with Crippen LogP contribution in [0.15, 0.2) is 34.7 Å². The lowest BCUT2D eigenvalue weighted by Gasteiger charge is -2.10. The van der Waals surface area contributed by atoms with Gasteiger partial charge in [0.25, 0.3) is 11.8 Å². The predicted octanol–water partition coefficient (Wildman–Crippen LogP) is 4.30. The minimum atomic E-state index is -0.0720. The van der Waals surface area contributed by atoms with Crippen LogP contribution < -0.4 is 5.32 Å². The number of benzene rings is 1. The lowest BCUT2D eigenvalue weighted by Crippen LogP contribution is -2.25. The van der Waals surface area contributed by atoms with Crippen molar-refractivity contribution in [2.24, 2.45) is 5.92 Å². The Bertz CT molecular complexity index is 980. The van der Waals surface area contributed by atoms with Crippen LogP contribution >= 0.6 is 11.8 Å². The number of aromatic nitrogens is 4. The van der Waals surface area contributed by atoms with Crippen LogP contribution in [0.3, 0.4) is 0 Å². The topological polar surface area (TPSA) is 85.8 Å². The molecule has 7 nitrogen and oxygen atoms in total. The lowest BCUT2D eigenvalue weighted by atomic mass is 10.1. The molecule has 0 atom stereocenters. The van der Waals surface area contributed by atoms with Gasteiger partial charge in [-0.25, -0.2) is 4.68 Å². The summed E-state index contributed by atoms with van der Waals surface area (Å²) in [5.41, 5.74) is 3.15. The second kappa shape index (κ2) is 10.4. The molecular weight excluding hydrogens is 398 g/mol. The highest BCUT2D eigenvalue weighted by atomic mass is 32.2. The molecule has 1 amide bonds. The summed E-state index contributed by atoms with van der Waals surface area (Å²) >= 11 is 1.81. The predicted molar refractivity (Wildman–Crippen MR) is 120 cm³/mol. The summed E-state index contributed by atoms with van der Waals surface area (Å²) < 4.78 is 7.44. The highest BCUT2D eigenvalue weighted by Gasteiger charge is 2.17. The van der Waals surface area contributed by atoms with Crippen molar-refractivity contribution in [3.63, 3.8) is 0 Å². The molecule has 0 radical (unpaired) electrons. The number of nitrogens with zero attached hydrogens (tertiary/aromatic N) is 4. The molecule has 0 saturated carbocycles.